The Morgan fingerprint density at radius 1 is 1.56 bits per heavy atom. The third-order valence-electron chi connectivity index (χ3n) is 2.45. The molecule has 2 N–H and O–H groups in total. The van der Waals surface area contributed by atoms with E-state index in [4.69, 9.17) is 0 Å². The summed E-state index contributed by atoms with van der Waals surface area (Å²) in [5.74, 6) is -0.893. The van der Waals surface area contributed by atoms with E-state index in [0.717, 1.165) is 9.13 Å². The van der Waals surface area contributed by atoms with Crippen LogP contribution < -0.4 is 5.32 Å². The maximum atomic E-state index is 11.3. The molecule has 0 aliphatic heterocycles. The van der Waals surface area contributed by atoms with Crippen LogP contribution in [0.15, 0.2) is 36.9 Å². The van der Waals surface area contributed by atoms with Crippen molar-refractivity contribution in [2.75, 3.05) is 6.54 Å². The molecule has 0 bridgehead atoms. The lowest BCUT2D eigenvalue weighted by Gasteiger charge is -2.26. The van der Waals surface area contributed by atoms with Gasteiger partial charge in [-0.25, -0.2) is 4.79 Å². The molecule has 0 amide bonds. The molecule has 1 aromatic rings. The van der Waals surface area contributed by atoms with Crippen LogP contribution in [-0.2, 0) is 10.3 Å². The third kappa shape index (κ3) is 2.82. The number of hydrogen-bond donors (Lipinski definition) is 2. The molecule has 1 unspecified atom stereocenters. The van der Waals surface area contributed by atoms with Gasteiger partial charge in [-0.2, -0.15) is 0 Å². The molecule has 0 aliphatic carbocycles. The minimum atomic E-state index is -1.07. The van der Waals surface area contributed by atoms with Crippen LogP contribution in [0.4, 0.5) is 0 Å². The Hall–Kier alpha value is -0.880. The number of carboxylic acid groups (broad SMARTS) is 1. The Morgan fingerprint density at radius 3 is 2.56 bits per heavy atom. The van der Waals surface area contributed by atoms with Crippen LogP contribution in [0.1, 0.15) is 12.5 Å². The lowest BCUT2D eigenvalue weighted by molar-refractivity contribution is -0.144. The monoisotopic (exact) mass is 331 g/mol. The molecule has 0 radical (unpaired) electrons. The van der Waals surface area contributed by atoms with Crippen molar-refractivity contribution < 1.29 is 9.90 Å². The lowest BCUT2D eigenvalue weighted by atomic mass is 9.92. The molecule has 16 heavy (non-hydrogen) atoms. The molecular weight excluding hydrogens is 317 g/mol. The van der Waals surface area contributed by atoms with E-state index in [1.807, 2.05) is 24.3 Å². The summed E-state index contributed by atoms with van der Waals surface area (Å²) < 4.78 is 1.08. The number of aliphatic carboxylic acids is 1. The molecule has 0 saturated carbocycles. The van der Waals surface area contributed by atoms with Crippen molar-refractivity contribution >= 4 is 28.6 Å². The van der Waals surface area contributed by atoms with E-state index in [1.165, 1.54) is 0 Å². The zero-order valence-corrected chi connectivity index (χ0v) is 11.2. The zero-order chi connectivity index (χ0) is 12.2. The highest BCUT2D eigenvalue weighted by molar-refractivity contribution is 14.1. The number of carboxylic acids is 1. The fraction of sp³-hybridized carbons (Fsp3) is 0.250. The predicted molar refractivity (Wildman–Crippen MR) is 72.3 cm³/mol. The van der Waals surface area contributed by atoms with Crippen LogP contribution in [0.2, 0.25) is 0 Å². The highest BCUT2D eigenvalue weighted by Gasteiger charge is 2.33. The van der Waals surface area contributed by atoms with Gasteiger partial charge in [-0.15, -0.1) is 6.58 Å². The van der Waals surface area contributed by atoms with E-state index in [1.54, 1.807) is 13.0 Å². The summed E-state index contributed by atoms with van der Waals surface area (Å²) in [6, 6.07) is 7.44. The third-order valence-corrected chi connectivity index (χ3v) is 3.17. The van der Waals surface area contributed by atoms with Crippen LogP contribution in [0.5, 0.6) is 0 Å². The normalized spacial score (nSPS) is 14.1. The van der Waals surface area contributed by atoms with Crippen LogP contribution in [0, 0.1) is 3.57 Å². The molecule has 86 valence electrons. The minimum absolute atomic E-state index is 0.453. The van der Waals surface area contributed by atoms with Crippen LogP contribution in [0.25, 0.3) is 0 Å². The predicted octanol–water partition coefficient (Wildman–Crippen LogP) is 2.37. The quantitative estimate of drug-likeness (QED) is 0.643. The number of hydrogen-bond acceptors (Lipinski definition) is 2. The summed E-state index contributed by atoms with van der Waals surface area (Å²) >= 11 is 2.19. The number of nitrogens with one attached hydrogen (secondary N) is 1. The summed E-state index contributed by atoms with van der Waals surface area (Å²) in [7, 11) is 0. The molecule has 1 atom stereocenters. The highest BCUT2D eigenvalue weighted by Crippen LogP contribution is 2.22. The summed E-state index contributed by atoms with van der Waals surface area (Å²) in [4.78, 5) is 11.3. The number of carbonyl (C=O) groups is 1. The van der Waals surface area contributed by atoms with Crippen molar-refractivity contribution in [2.45, 2.75) is 12.5 Å². The minimum Gasteiger partial charge on any atom is -0.480 e. The molecule has 1 aromatic carbocycles. The van der Waals surface area contributed by atoms with Crippen molar-refractivity contribution in [3.63, 3.8) is 0 Å². The van der Waals surface area contributed by atoms with Gasteiger partial charge in [0.05, 0.1) is 0 Å². The first-order valence-corrected chi connectivity index (χ1v) is 5.94. The van der Waals surface area contributed by atoms with E-state index in [-0.39, 0.29) is 0 Å². The van der Waals surface area contributed by atoms with Gasteiger partial charge in [0.2, 0.25) is 0 Å². The topological polar surface area (TPSA) is 49.3 Å². The molecule has 0 fully saturated rings. The second-order valence-electron chi connectivity index (χ2n) is 3.61. The van der Waals surface area contributed by atoms with E-state index >= 15 is 0 Å². The van der Waals surface area contributed by atoms with Gasteiger partial charge in [0, 0.05) is 10.1 Å². The van der Waals surface area contributed by atoms with E-state index in [2.05, 4.69) is 34.5 Å². The standard InChI is InChI=1S/C12H14INO2/c1-3-8-14-12(2,11(15)16)9-4-6-10(13)7-5-9/h3-7,14H,1,8H2,2H3,(H,15,16). The zero-order valence-electron chi connectivity index (χ0n) is 9.03. The maximum Gasteiger partial charge on any atom is 0.328 e. The summed E-state index contributed by atoms with van der Waals surface area (Å²) in [5.41, 5.74) is -0.333. The van der Waals surface area contributed by atoms with Gasteiger partial charge in [0.15, 0.2) is 0 Å². The largest absolute Gasteiger partial charge is 0.480 e. The SMILES string of the molecule is C=CCNC(C)(C(=O)O)c1ccc(I)cc1. The van der Waals surface area contributed by atoms with Crippen molar-refractivity contribution in [1.29, 1.82) is 0 Å². The van der Waals surface area contributed by atoms with Crippen LogP contribution in [-0.4, -0.2) is 17.6 Å². The number of rotatable bonds is 5. The van der Waals surface area contributed by atoms with Gasteiger partial charge in [-0.1, -0.05) is 18.2 Å². The molecular formula is C12H14INO2. The van der Waals surface area contributed by atoms with E-state index < -0.39 is 11.5 Å². The molecule has 0 aliphatic rings. The average Bonchev–Trinajstić information content (AvgIpc) is 2.26. The lowest BCUT2D eigenvalue weighted by Crippen LogP contribution is -2.46. The van der Waals surface area contributed by atoms with Crippen molar-refractivity contribution in [3.05, 3.63) is 46.1 Å². The van der Waals surface area contributed by atoms with Gasteiger partial charge in [0.25, 0.3) is 0 Å². The summed E-state index contributed by atoms with van der Waals surface area (Å²) in [6.45, 7) is 5.68. The second-order valence-corrected chi connectivity index (χ2v) is 4.85. The summed E-state index contributed by atoms with van der Waals surface area (Å²) in [6.07, 6.45) is 1.65. The van der Waals surface area contributed by atoms with Crippen LogP contribution >= 0.6 is 22.6 Å². The molecule has 0 heterocycles. The Labute approximate surface area is 109 Å². The maximum absolute atomic E-state index is 11.3. The van der Waals surface area contributed by atoms with Crippen molar-refractivity contribution in [2.24, 2.45) is 0 Å². The van der Waals surface area contributed by atoms with Gasteiger partial charge in [-0.3, -0.25) is 5.32 Å². The second kappa shape index (κ2) is 5.45. The summed E-state index contributed by atoms with van der Waals surface area (Å²) in [5, 5.41) is 12.2. The van der Waals surface area contributed by atoms with Gasteiger partial charge >= 0.3 is 5.97 Å². The number of benzene rings is 1. The Morgan fingerprint density at radius 2 is 2.12 bits per heavy atom. The first-order valence-electron chi connectivity index (χ1n) is 4.86. The van der Waals surface area contributed by atoms with Gasteiger partial charge in [0.1, 0.15) is 5.54 Å². The molecule has 4 heteroatoms. The van der Waals surface area contributed by atoms with E-state index in [9.17, 15) is 9.90 Å². The smallest absolute Gasteiger partial charge is 0.328 e. The molecule has 0 saturated heterocycles. The van der Waals surface area contributed by atoms with Crippen LogP contribution in [0.3, 0.4) is 0 Å². The van der Waals surface area contributed by atoms with Gasteiger partial charge < -0.3 is 5.11 Å². The molecule has 0 aromatic heterocycles. The highest BCUT2D eigenvalue weighted by atomic mass is 127. The van der Waals surface area contributed by atoms with Crippen molar-refractivity contribution in [1.82, 2.24) is 5.32 Å². The Kier molecular flexibility index (Phi) is 4.49. The molecule has 0 spiro atoms. The first kappa shape index (κ1) is 13.2. The van der Waals surface area contributed by atoms with Gasteiger partial charge in [-0.05, 0) is 47.2 Å². The Bertz CT molecular complexity index is 389. The molecule has 1 rings (SSSR count). The van der Waals surface area contributed by atoms with Crippen molar-refractivity contribution in [3.8, 4) is 0 Å². The molecule has 3 nitrogen and oxygen atoms in total. The first-order chi connectivity index (χ1) is 7.50. The fourth-order valence-electron chi connectivity index (χ4n) is 1.36. The average molecular weight is 331 g/mol. The van der Waals surface area contributed by atoms with E-state index in [0.29, 0.717) is 6.54 Å². The Balaban J connectivity index is 3.05. The number of halogens is 1. The fourth-order valence-corrected chi connectivity index (χ4v) is 1.72.